The van der Waals surface area contributed by atoms with Crippen LogP contribution in [0.1, 0.15) is 0 Å². The average Bonchev–Trinajstić information content (AvgIpc) is 2.15. The molecule has 0 atom stereocenters. The number of sulfonamides is 1. The van der Waals surface area contributed by atoms with Crippen molar-refractivity contribution in [3.8, 4) is 0 Å². The molecular weight excluding hydrogens is 258 g/mol. The fourth-order valence-corrected chi connectivity index (χ4v) is 1.88. The first-order valence-electron chi connectivity index (χ1n) is 3.98. The maximum atomic E-state index is 11.4. The number of ether oxygens (including phenoxy) is 1. The average molecular weight is 266 g/mol. The Kier molecular flexibility index (Phi) is 4.02. The van der Waals surface area contributed by atoms with Gasteiger partial charge in [0.25, 0.3) is 0 Å². The number of hydrogen-bond donors (Lipinski definition) is 1. The van der Waals surface area contributed by atoms with E-state index in [1.165, 1.54) is 6.07 Å². The molecule has 7 nitrogen and oxygen atoms in total. The van der Waals surface area contributed by atoms with Crippen molar-refractivity contribution in [1.82, 2.24) is 9.97 Å². The fraction of sp³-hybridized carbons (Fsp3) is 0.286. The van der Waals surface area contributed by atoms with Gasteiger partial charge in [0.1, 0.15) is 17.3 Å². The first-order valence-corrected chi connectivity index (χ1v) is 6.01. The van der Waals surface area contributed by atoms with E-state index in [0.717, 1.165) is 13.4 Å². The SMILES string of the molecule is COC(=O)CS(=O)(=O)Nc1cc(Cl)ncn1. The number of aromatic nitrogens is 2. The Balaban J connectivity index is 2.77. The number of rotatable bonds is 4. The Hall–Kier alpha value is -1.41. The summed E-state index contributed by atoms with van der Waals surface area (Å²) in [5.74, 6) is -1.66. The molecule has 9 heteroatoms. The molecule has 0 saturated carbocycles. The van der Waals surface area contributed by atoms with Gasteiger partial charge in [0, 0.05) is 6.07 Å². The van der Waals surface area contributed by atoms with Gasteiger partial charge >= 0.3 is 5.97 Å². The highest BCUT2D eigenvalue weighted by Crippen LogP contribution is 2.10. The third-order valence-electron chi connectivity index (χ3n) is 1.43. The lowest BCUT2D eigenvalue weighted by atomic mass is 10.6. The minimum Gasteiger partial charge on any atom is -0.468 e. The Morgan fingerprint density at radius 2 is 2.25 bits per heavy atom. The van der Waals surface area contributed by atoms with Crippen molar-refractivity contribution < 1.29 is 17.9 Å². The second-order valence-corrected chi connectivity index (χ2v) is 4.77. The van der Waals surface area contributed by atoms with Crippen molar-refractivity contribution in [1.29, 1.82) is 0 Å². The van der Waals surface area contributed by atoms with Crippen molar-refractivity contribution >= 4 is 33.4 Å². The van der Waals surface area contributed by atoms with Crippen LogP contribution in [0.15, 0.2) is 12.4 Å². The van der Waals surface area contributed by atoms with Crippen molar-refractivity contribution in [3.05, 3.63) is 17.5 Å². The zero-order valence-electron chi connectivity index (χ0n) is 8.18. The zero-order chi connectivity index (χ0) is 12.2. The van der Waals surface area contributed by atoms with Gasteiger partial charge in [-0.25, -0.2) is 18.4 Å². The third kappa shape index (κ3) is 3.99. The lowest BCUT2D eigenvalue weighted by Crippen LogP contribution is -2.24. The molecule has 0 bridgehead atoms. The maximum absolute atomic E-state index is 11.4. The molecule has 0 amide bonds. The molecule has 0 saturated heterocycles. The number of esters is 1. The van der Waals surface area contributed by atoms with Crippen molar-refractivity contribution in [2.75, 3.05) is 17.6 Å². The predicted octanol–water partition coefficient (Wildman–Crippen LogP) is 0.0447. The Labute approximate surface area is 96.9 Å². The van der Waals surface area contributed by atoms with E-state index in [4.69, 9.17) is 11.6 Å². The van der Waals surface area contributed by atoms with E-state index in [9.17, 15) is 13.2 Å². The van der Waals surface area contributed by atoms with Crippen LogP contribution in [-0.4, -0.2) is 37.2 Å². The topological polar surface area (TPSA) is 98.2 Å². The van der Waals surface area contributed by atoms with Crippen molar-refractivity contribution in [2.45, 2.75) is 0 Å². The van der Waals surface area contributed by atoms with Crippen LogP contribution in [0.2, 0.25) is 5.15 Å². The number of anilines is 1. The van der Waals surface area contributed by atoms with Crippen molar-refractivity contribution in [2.24, 2.45) is 0 Å². The van der Waals surface area contributed by atoms with Gasteiger partial charge in [-0.05, 0) is 0 Å². The monoisotopic (exact) mass is 265 g/mol. The molecule has 0 spiro atoms. The first kappa shape index (κ1) is 12.7. The van der Waals surface area contributed by atoms with E-state index < -0.39 is 21.7 Å². The molecule has 0 aliphatic carbocycles. The van der Waals surface area contributed by atoms with E-state index in [1.807, 2.05) is 0 Å². The molecule has 0 fully saturated rings. The van der Waals surface area contributed by atoms with Gasteiger partial charge < -0.3 is 4.74 Å². The molecule has 0 radical (unpaired) electrons. The van der Waals surface area contributed by atoms with Crippen LogP contribution in [0.25, 0.3) is 0 Å². The Bertz CT molecular complexity index is 490. The highest BCUT2D eigenvalue weighted by atomic mass is 35.5. The van der Waals surface area contributed by atoms with Crippen LogP contribution < -0.4 is 4.72 Å². The third-order valence-corrected chi connectivity index (χ3v) is 2.77. The molecule has 1 heterocycles. The summed E-state index contributed by atoms with van der Waals surface area (Å²) < 4.78 is 29.0. The van der Waals surface area contributed by atoms with Crippen LogP contribution in [0.5, 0.6) is 0 Å². The number of methoxy groups -OCH3 is 1. The fourth-order valence-electron chi connectivity index (χ4n) is 0.799. The summed E-state index contributed by atoms with van der Waals surface area (Å²) in [6.45, 7) is 0. The molecule has 88 valence electrons. The van der Waals surface area contributed by atoms with Crippen molar-refractivity contribution in [3.63, 3.8) is 0 Å². The highest BCUT2D eigenvalue weighted by molar-refractivity contribution is 7.93. The lowest BCUT2D eigenvalue weighted by Gasteiger charge is -2.05. The largest absolute Gasteiger partial charge is 0.468 e. The summed E-state index contributed by atoms with van der Waals surface area (Å²) in [5, 5.41) is 0.0887. The zero-order valence-corrected chi connectivity index (χ0v) is 9.75. The summed E-state index contributed by atoms with van der Waals surface area (Å²) in [6, 6.07) is 1.22. The normalized spacial score (nSPS) is 10.9. The number of nitrogens with one attached hydrogen (secondary N) is 1. The molecule has 0 aliphatic heterocycles. The summed E-state index contributed by atoms with van der Waals surface area (Å²) in [4.78, 5) is 18.0. The van der Waals surface area contributed by atoms with E-state index in [0.29, 0.717) is 0 Å². The van der Waals surface area contributed by atoms with Gasteiger partial charge in [0.2, 0.25) is 10.0 Å². The van der Waals surface area contributed by atoms with E-state index in [2.05, 4.69) is 19.4 Å². The molecule has 1 N–H and O–H groups in total. The number of nitrogens with zero attached hydrogens (tertiary/aromatic N) is 2. The summed E-state index contributed by atoms with van der Waals surface area (Å²) in [5.41, 5.74) is 0. The standard InChI is InChI=1S/C7H8ClN3O4S/c1-15-7(12)3-16(13,14)11-6-2-5(8)9-4-10-6/h2,4H,3H2,1H3,(H,9,10,11). The number of carbonyl (C=O) groups excluding carboxylic acids is 1. The Morgan fingerprint density at radius 3 is 2.81 bits per heavy atom. The molecule has 16 heavy (non-hydrogen) atoms. The Morgan fingerprint density at radius 1 is 1.56 bits per heavy atom. The van der Waals surface area contributed by atoms with Gasteiger partial charge in [0.05, 0.1) is 7.11 Å². The molecule has 1 rings (SSSR count). The van der Waals surface area contributed by atoms with E-state index >= 15 is 0 Å². The van der Waals surface area contributed by atoms with Crippen LogP contribution in [0.3, 0.4) is 0 Å². The number of hydrogen-bond acceptors (Lipinski definition) is 6. The maximum Gasteiger partial charge on any atom is 0.322 e. The quantitative estimate of drug-likeness (QED) is 0.610. The number of halogens is 1. The van der Waals surface area contributed by atoms with Gasteiger partial charge in [-0.3, -0.25) is 9.52 Å². The smallest absolute Gasteiger partial charge is 0.322 e. The molecule has 0 unspecified atom stereocenters. The predicted molar refractivity (Wildman–Crippen MR) is 56.5 cm³/mol. The minimum atomic E-state index is -3.84. The van der Waals surface area contributed by atoms with E-state index in [1.54, 1.807) is 0 Å². The molecule has 1 aromatic rings. The van der Waals surface area contributed by atoms with Gasteiger partial charge in [-0.15, -0.1) is 0 Å². The lowest BCUT2D eigenvalue weighted by molar-refractivity contribution is -0.137. The van der Waals surface area contributed by atoms with Crippen LogP contribution in [0.4, 0.5) is 5.82 Å². The number of carbonyl (C=O) groups is 1. The van der Waals surface area contributed by atoms with Crippen LogP contribution >= 0.6 is 11.6 Å². The highest BCUT2D eigenvalue weighted by Gasteiger charge is 2.17. The van der Waals surface area contributed by atoms with Gasteiger partial charge in [-0.2, -0.15) is 0 Å². The van der Waals surface area contributed by atoms with E-state index in [-0.39, 0.29) is 11.0 Å². The summed E-state index contributed by atoms with van der Waals surface area (Å²) in [7, 11) is -2.74. The summed E-state index contributed by atoms with van der Waals surface area (Å²) in [6.07, 6.45) is 1.10. The minimum absolute atomic E-state index is 0.0103. The molecular formula is C7H8ClN3O4S. The van der Waals surface area contributed by atoms with Crippen LogP contribution in [-0.2, 0) is 19.6 Å². The molecule has 0 aromatic carbocycles. The first-order chi connectivity index (χ1) is 7.43. The second kappa shape index (κ2) is 5.08. The van der Waals surface area contributed by atoms with Gasteiger partial charge in [-0.1, -0.05) is 11.6 Å². The molecule has 1 aromatic heterocycles. The summed E-state index contributed by atoms with van der Waals surface area (Å²) >= 11 is 5.53. The second-order valence-electron chi connectivity index (χ2n) is 2.66. The molecule has 0 aliphatic rings. The van der Waals surface area contributed by atoms with Gasteiger partial charge in [0.15, 0.2) is 5.75 Å². The van der Waals surface area contributed by atoms with Crippen LogP contribution in [0, 0.1) is 0 Å².